The van der Waals surface area contributed by atoms with Crippen LogP contribution in [0, 0.1) is 13.8 Å². The lowest BCUT2D eigenvalue weighted by atomic mass is 10.0. The summed E-state index contributed by atoms with van der Waals surface area (Å²) in [6, 6.07) is 19.3. The number of rotatable bonds is 9. The summed E-state index contributed by atoms with van der Waals surface area (Å²) in [5.41, 5.74) is 2.75. The molecule has 0 spiro atoms. The number of nitrogens with zero attached hydrogens (tertiary/aromatic N) is 1. The number of Topliss-reactive ketones (excluding diaryl/α,β-unsaturated/α-hetero) is 3. The highest BCUT2D eigenvalue weighted by atomic mass is 16.5. The number of ether oxygens (including phenoxy) is 1. The lowest BCUT2D eigenvalue weighted by Crippen LogP contribution is -2.16. The second kappa shape index (κ2) is 10.2. The lowest BCUT2D eigenvalue weighted by Gasteiger charge is -2.08. The third-order valence-electron chi connectivity index (χ3n) is 5.73. The molecule has 0 radical (unpaired) electrons. The summed E-state index contributed by atoms with van der Waals surface area (Å²) in [6.45, 7) is 3.80. The van der Waals surface area contributed by atoms with Crippen molar-refractivity contribution >= 4 is 23.3 Å². The van der Waals surface area contributed by atoms with Crippen LogP contribution >= 0.6 is 0 Å². The van der Waals surface area contributed by atoms with E-state index < -0.39 is 24.1 Å². The van der Waals surface area contributed by atoms with E-state index in [1.165, 1.54) is 24.3 Å². The van der Waals surface area contributed by atoms with Crippen molar-refractivity contribution in [3.8, 4) is 0 Å². The third kappa shape index (κ3) is 5.19. The summed E-state index contributed by atoms with van der Waals surface area (Å²) in [7, 11) is 0. The Kier molecular flexibility index (Phi) is 6.87. The maximum Gasteiger partial charge on any atom is 0.338 e. The highest BCUT2D eigenvalue weighted by molar-refractivity contribution is 6.49. The highest BCUT2D eigenvalue weighted by Gasteiger charge is 2.20. The first-order valence-corrected chi connectivity index (χ1v) is 11.0. The number of carbonyl (C=O) groups is 4. The number of benzene rings is 2. The predicted molar refractivity (Wildman–Crippen MR) is 128 cm³/mol. The van der Waals surface area contributed by atoms with Gasteiger partial charge in [0.05, 0.1) is 18.4 Å². The number of furan rings is 1. The molecule has 0 saturated carbocycles. The van der Waals surface area contributed by atoms with Crippen molar-refractivity contribution in [2.75, 3.05) is 6.61 Å². The van der Waals surface area contributed by atoms with E-state index in [0.717, 1.165) is 17.1 Å². The van der Waals surface area contributed by atoms with E-state index in [2.05, 4.69) is 0 Å². The zero-order chi connectivity index (χ0) is 24.9. The van der Waals surface area contributed by atoms with E-state index in [-0.39, 0.29) is 16.9 Å². The van der Waals surface area contributed by atoms with E-state index in [1.54, 1.807) is 48.7 Å². The molecule has 0 unspecified atom stereocenters. The average Bonchev–Trinajstić information content (AvgIpc) is 3.50. The molecule has 0 aliphatic heterocycles. The SMILES string of the molecule is Cc1cc(C(=O)COC(=O)c2ccc(C(=O)C(=O)c3ccccc3)cc2)c(C)n1Cc1ccco1. The third-order valence-corrected chi connectivity index (χ3v) is 5.73. The molecule has 35 heavy (non-hydrogen) atoms. The molecule has 0 aliphatic carbocycles. The van der Waals surface area contributed by atoms with Gasteiger partial charge in [-0.15, -0.1) is 0 Å². The molecule has 4 aromatic rings. The van der Waals surface area contributed by atoms with Crippen LogP contribution in [0.25, 0.3) is 0 Å². The maximum atomic E-state index is 12.7. The Labute approximate surface area is 201 Å². The van der Waals surface area contributed by atoms with Crippen LogP contribution in [0.1, 0.15) is 58.6 Å². The van der Waals surface area contributed by atoms with Crippen LogP contribution < -0.4 is 0 Å². The van der Waals surface area contributed by atoms with Gasteiger partial charge in [0, 0.05) is 28.1 Å². The van der Waals surface area contributed by atoms with Crippen LogP contribution in [0.15, 0.2) is 83.5 Å². The minimum Gasteiger partial charge on any atom is -0.467 e. The van der Waals surface area contributed by atoms with Crippen molar-refractivity contribution < 1.29 is 28.3 Å². The molecule has 0 saturated heterocycles. The Morgan fingerprint density at radius 1 is 0.800 bits per heavy atom. The Hall–Kier alpha value is -4.52. The van der Waals surface area contributed by atoms with E-state index in [0.29, 0.717) is 17.7 Å². The largest absolute Gasteiger partial charge is 0.467 e. The molecule has 0 atom stereocenters. The molecule has 0 aliphatic rings. The summed E-state index contributed by atoms with van der Waals surface area (Å²) in [6.07, 6.45) is 1.60. The molecule has 0 amide bonds. The minimum atomic E-state index is -0.698. The Morgan fingerprint density at radius 3 is 2.06 bits per heavy atom. The predicted octanol–water partition coefficient (Wildman–Crippen LogP) is 4.85. The summed E-state index contributed by atoms with van der Waals surface area (Å²) >= 11 is 0. The fourth-order valence-electron chi connectivity index (χ4n) is 3.79. The number of hydrogen-bond acceptors (Lipinski definition) is 6. The Bertz CT molecular complexity index is 1380. The molecular formula is C28H23NO6. The van der Waals surface area contributed by atoms with Gasteiger partial charge < -0.3 is 13.7 Å². The van der Waals surface area contributed by atoms with E-state index in [1.807, 2.05) is 24.5 Å². The van der Waals surface area contributed by atoms with Gasteiger partial charge >= 0.3 is 5.97 Å². The van der Waals surface area contributed by atoms with Crippen LogP contribution in [-0.4, -0.2) is 34.5 Å². The zero-order valence-corrected chi connectivity index (χ0v) is 19.3. The molecule has 0 fully saturated rings. The van der Waals surface area contributed by atoms with Crippen LogP contribution in [0.5, 0.6) is 0 Å². The zero-order valence-electron chi connectivity index (χ0n) is 19.3. The van der Waals surface area contributed by atoms with E-state index in [9.17, 15) is 19.2 Å². The molecule has 7 nitrogen and oxygen atoms in total. The normalized spacial score (nSPS) is 10.7. The first kappa shape index (κ1) is 23.6. The van der Waals surface area contributed by atoms with Crippen molar-refractivity contribution in [2.24, 2.45) is 0 Å². The first-order chi connectivity index (χ1) is 16.8. The van der Waals surface area contributed by atoms with Crippen LogP contribution in [-0.2, 0) is 11.3 Å². The van der Waals surface area contributed by atoms with Gasteiger partial charge in [-0.1, -0.05) is 42.5 Å². The summed E-state index contributed by atoms with van der Waals surface area (Å²) in [4.78, 5) is 49.9. The second-order valence-electron chi connectivity index (χ2n) is 8.05. The molecule has 0 bridgehead atoms. The number of hydrogen-bond donors (Lipinski definition) is 0. The number of esters is 1. The fourth-order valence-corrected chi connectivity index (χ4v) is 3.79. The van der Waals surface area contributed by atoms with Crippen LogP contribution in [0.4, 0.5) is 0 Å². The Balaban J connectivity index is 1.38. The average molecular weight is 469 g/mol. The number of aryl methyl sites for hydroxylation is 1. The van der Waals surface area contributed by atoms with Gasteiger partial charge in [0.1, 0.15) is 5.76 Å². The molecule has 2 aromatic heterocycles. The lowest BCUT2D eigenvalue weighted by molar-refractivity contribution is 0.0474. The fraction of sp³-hybridized carbons (Fsp3) is 0.143. The minimum absolute atomic E-state index is 0.162. The quantitative estimate of drug-likeness (QED) is 0.198. The monoisotopic (exact) mass is 469 g/mol. The molecule has 4 rings (SSSR count). The second-order valence-corrected chi connectivity index (χ2v) is 8.05. The number of aromatic nitrogens is 1. The van der Waals surface area contributed by atoms with Crippen molar-refractivity contribution in [3.63, 3.8) is 0 Å². The van der Waals surface area contributed by atoms with Crippen LogP contribution in [0.2, 0.25) is 0 Å². The van der Waals surface area contributed by atoms with Gasteiger partial charge in [-0.05, 0) is 44.2 Å². The van der Waals surface area contributed by atoms with Crippen molar-refractivity contribution in [2.45, 2.75) is 20.4 Å². The molecule has 7 heteroatoms. The smallest absolute Gasteiger partial charge is 0.338 e. The summed E-state index contributed by atoms with van der Waals surface area (Å²) < 4.78 is 12.6. The van der Waals surface area contributed by atoms with Gasteiger partial charge in [-0.2, -0.15) is 0 Å². The molecule has 2 aromatic carbocycles. The molecule has 2 heterocycles. The van der Waals surface area contributed by atoms with Crippen molar-refractivity contribution in [3.05, 3.63) is 118 Å². The van der Waals surface area contributed by atoms with Crippen molar-refractivity contribution in [1.29, 1.82) is 0 Å². The van der Waals surface area contributed by atoms with Gasteiger partial charge in [-0.25, -0.2) is 4.79 Å². The van der Waals surface area contributed by atoms with Gasteiger partial charge in [0.25, 0.3) is 0 Å². The van der Waals surface area contributed by atoms with Crippen LogP contribution in [0.3, 0.4) is 0 Å². The van der Waals surface area contributed by atoms with E-state index in [4.69, 9.17) is 9.15 Å². The molecular weight excluding hydrogens is 446 g/mol. The summed E-state index contributed by atoms with van der Waals surface area (Å²) in [5, 5.41) is 0. The molecule has 0 N–H and O–H groups in total. The number of carbonyl (C=O) groups excluding carboxylic acids is 4. The standard InChI is InChI=1S/C28H23NO6/c1-18-15-24(19(2)29(18)16-23-9-6-14-34-23)25(30)17-35-28(33)22-12-10-21(11-13-22)27(32)26(31)20-7-4-3-5-8-20/h3-15H,16-17H2,1-2H3. The van der Waals surface area contributed by atoms with Gasteiger partial charge in [0.15, 0.2) is 6.61 Å². The first-order valence-electron chi connectivity index (χ1n) is 11.0. The highest BCUT2D eigenvalue weighted by Crippen LogP contribution is 2.18. The molecule has 176 valence electrons. The van der Waals surface area contributed by atoms with Crippen molar-refractivity contribution in [1.82, 2.24) is 4.57 Å². The van der Waals surface area contributed by atoms with Gasteiger partial charge in [-0.3, -0.25) is 14.4 Å². The summed E-state index contributed by atoms with van der Waals surface area (Å²) in [5.74, 6) is -1.55. The van der Waals surface area contributed by atoms with Gasteiger partial charge in [0.2, 0.25) is 17.3 Å². The number of ketones is 3. The topological polar surface area (TPSA) is 95.6 Å². The Morgan fingerprint density at radius 2 is 1.43 bits per heavy atom. The maximum absolute atomic E-state index is 12.7. The van der Waals surface area contributed by atoms with E-state index >= 15 is 0 Å².